The summed E-state index contributed by atoms with van der Waals surface area (Å²) in [6.07, 6.45) is 0. The number of carbonyl (C=O) groups is 1. The van der Waals surface area contributed by atoms with Crippen LogP contribution in [0.1, 0.15) is 29.8 Å². The molecule has 1 aromatic rings. The van der Waals surface area contributed by atoms with Gasteiger partial charge in [0, 0.05) is 18.8 Å². The lowest BCUT2D eigenvalue weighted by molar-refractivity contribution is 0.0956. The summed E-state index contributed by atoms with van der Waals surface area (Å²) >= 11 is 0. The molecule has 1 rings (SSSR count). The molecule has 0 aromatic heterocycles. The van der Waals surface area contributed by atoms with E-state index < -0.39 is 0 Å². The summed E-state index contributed by atoms with van der Waals surface area (Å²) in [6, 6.07) is 5.80. The Labute approximate surface area is 90.9 Å². The van der Waals surface area contributed by atoms with Crippen molar-refractivity contribution < 1.29 is 4.79 Å². The zero-order valence-corrected chi connectivity index (χ0v) is 9.55. The van der Waals surface area contributed by atoms with Crippen LogP contribution in [0.25, 0.3) is 0 Å². The van der Waals surface area contributed by atoms with Crippen LogP contribution in [0.3, 0.4) is 0 Å². The van der Waals surface area contributed by atoms with Gasteiger partial charge in [-0.1, -0.05) is 6.07 Å². The molecule has 0 bridgehead atoms. The molecular formula is C12H18N2O. The SMILES string of the molecule is CCNC(=O)c1ccc(C)cc1NCC. The number of carbonyl (C=O) groups excluding carboxylic acids is 1. The summed E-state index contributed by atoms with van der Waals surface area (Å²) in [5.41, 5.74) is 2.77. The summed E-state index contributed by atoms with van der Waals surface area (Å²) < 4.78 is 0. The summed E-state index contributed by atoms with van der Waals surface area (Å²) in [5, 5.41) is 6.00. The fourth-order valence-electron chi connectivity index (χ4n) is 1.45. The van der Waals surface area contributed by atoms with E-state index in [1.165, 1.54) is 0 Å². The fraction of sp³-hybridized carbons (Fsp3) is 0.417. The van der Waals surface area contributed by atoms with E-state index in [4.69, 9.17) is 0 Å². The largest absolute Gasteiger partial charge is 0.385 e. The summed E-state index contributed by atoms with van der Waals surface area (Å²) in [4.78, 5) is 11.7. The highest BCUT2D eigenvalue weighted by molar-refractivity contribution is 5.99. The Morgan fingerprint density at radius 1 is 1.27 bits per heavy atom. The van der Waals surface area contributed by atoms with Crippen molar-refractivity contribution in [1.82, 2.24) is 5.32 Å². The Morgan fingerprint density at radius 2 is 2.00 bits per heavy atom. The van der Waals surface area contributed by atoms with Crippen molar-refractivity contribution >= 4 is 11.6 Å². The highest BCUT2D eigenvalue weighted by Gasteiger charge is 2.09. The van der Waals surface area contributed by atoms with Gasteiger partial charge in [0.25, 0.3) is 5.91 Å². The van der Waals surface area contributed by atoms with E-state index in [2.05, 4.69) is 10.6 Å². The van der Waals surface area contributed by atoms with E-state index in [9.17, 15) is 4.79 Å². The minimum atomic E-state index is -0.0200. The lowest BCUT2D eigenvalue weighted by Crippen LogP contribution is -2.23. The molecule has 0 aliphatic carbocycles. The van der Waals surface area contributed by atoms with Gasteiger partial charge in [-0.3, -0.25) is 4.79 Å². The normalized spacial score (nSPS) is 9.80. The average Bonchev–Trinajstić information content (AvgIpc) is 2.18. The van der Waals surface area contributed by atoms with Gasteiger partial charge in [0.15, 0.2) is 0 Å². The summed E-state index contributed by atoms with van der Waals surface area (Å²) in [7, 11) is 0. The van der Waals surface area contributed by atoms with E-state index in [0.717, 1.165) is 17.8 Å². The van der Waals surface area contributed by atoms with Crippen molar-refractivity contribution in [2.75, 3.05) is 18.4 Å². The second-order valence-electron chi connectivity index (χ2n) is 3.44. The fourth-order valence-corrected chi connectivity index (χ4v) is 1.45. The van der Waals surface area contributed by atoms with Crippen LogP contribution in [0.5, 0.6) is 0 Å². The van der Waals surface area contributed by atoms with E-state index in [-0.39, 0.29) is 5.91 Å². The molecular weight excluding hydrogens is 188 g/mol. The first-order chi connectivity index (χ1) is 7.19. The number of hydrogen-bond donors (Lipinski definition) is 2. The molecule has 0 aliphatic heterocycles. The summed E-state index contributed by atoms with van der Waals surface area (Å²) in [5.74, 6) is -0.0200. The molecule has 1 aromatic carbocycles. The minimum absolute atomic E-state index is 0.0200. The third-order valence-corrected chi connectivity index (χ3v) is 2.12. The number of nitrogens with one attached hydrogen (secondary N) is 2. The maximum absolute atomic E-state index is 11.7. The van der Waals surface area contributed by atoms with Gasteiger partial charge < -0.3 is 10.6 Å². The Balaban J connectivity index is 2.99. The third kappa shape index (κ3) is 2.98. The molecule has 1 amide bonds. The molecule has 2 N–H and O–H groups in total. The van der Waals surface area contributed by atoms with Gasteiger partial charge in [-0.15, -0.1) is 0 Å². The number of anilines is 1. The van der Waals surface area contributed by atoms with E-state index >= 15 is 0 Å². The maximum Gasteiger partial charge on any atom is 0.253 e. The Kier molecular flexibility index (Phi) is 4.16. The van der Waals surface area contributed by atoms with Crippen molar-refractivity contribution in [3.63, 3.8) is 0 Å². The van der Waals surface area contributed by atoms with Gasteiger partial charge in [-0.05, 0) is 38.5 Å². The van der Waals surface area contributed by atoms with Crippen LogP contribution >= 0.6 is 0 Å². The third-order valence-electron chi connectivity index (χ3n) is 2.12. The Hall–Kier alpha value is -1.51. The number of aryl methyl sites for hydroxylation is 1. The van der Waals surface area contributed by atoms with Crippen molar-refractivity contribution in [3.05, 3.63) is 29.3 Å². The van der Waals surface area contributed by atoms with Crippen molar-refractivity contribution in [2.45, 2.75) is 20.8 Å². The van der Waals surface area contributed by atoms with E-state index in [0.29, 0.717) is 12.1 Å². The predicted octanol–water partition coefficient (Wildman–Crippen LogP) is 2.18. The summed E-state index contributed by atoms with van der Waals surface area (Å²) in [6.45, 7) is 7.42. The second kappa shape index (κ2) is 5.39. The van der Waals surface area contributed by atoms with Crippen LogP contribution in [-0.2, 0) is 0 Å². The average molecular weight is 206 g/mol. The van der Waals surface area contributed by atoms with E-state index in [1.54, 1.807) is 0 Å². The lowest BCUT2D eigenvalue weighted by Gasteiger charge is -2.11. The zero-order valence-electron chi connectivity index (χ0n) is 9.55. The standard InChI is InChI=1S/C12H18N2O/c1-4-13-11-8-9(3)6-7-10(11)12(15)14-5-2/h6-8,13H,4-5H2,1-3H3,(H,14,15). The van der Waals surface area contributed by atoms with Crippen molar-refractivity contribution in [2.24, 2.45) is 0 Å². The van der Waals surface area contributed by atoms with Crippen molar-refractivity contribution in [3.8, 4) is 0 Å². The Bertz CT molecular complexity index is 347. The zero-order chi connectivity index (χ0) is 11.3. The van der Waals surface area contributed by atoms with Crippen LogP contribution in [0.4, 0.5) is 5.69 Å². The van der Waals surface area contributed by atoms with Gasteiger partial charge in [0.1, 0.15) is 0 Å². The molecule has 3 heteroatoms. The van der Waals surface area contributed by atoms with Gasteiger partial charge in [-0.2, -0.15) is 0 Å². The highest BCUT2D eigenvalue weighted by Crippen LogP contribution is 2.17. The van der Waals surface area contributed by atoms with Gasteiger partial charge in [0.05, 0.1) is 5.56 Å². The molecule has 82 valence electrons. The number of rotatable bonds is 4. The van der Waals surface area contributed by atoms with Gasteiger partial charge >= 0.3 is 0 Å². The molecule has 15 heavy (non-hydrogen) atoms. The highest BCUT2D eigenvalue weighted by atomic mass is 16.1. The number of benzene rings is 1. The van der Waals surface area contributed by atoms with Crippen LogP contribution < -0.4 is 10.6 Å². The number of amides is 1. The molecule has 0 heterocycles. The molecule has 3 nitrogen and oxygen atoms in total. The molecule has 0 atom stereocenters. The first kappa shape index (κ1) is 11.6. The monoisotopic (exact) mass is 206 g/mol. The van der Waals surface area contributed by atoms with Gasteiger partial charge in [0.2, 0.25) is 0 Å². The Morgan fingerprint density at radius 3 is 2.60 bits per heavy atom. The smallest absolute Gasteiger partial charge is 0.253 e. The number of hydrogen-bond acceptors (Lipinski definition) is 2. The van der Waals surface area contributed by atoms with Crippen molar-refractivity contribution in [1.29, 1.82) is 0 Å². The molecule has 0 spiro atoms. The first-order valence-electron chi connectivity index (χ1n) is 5.31. The molecule has 0 saturated heterocycles. The second-order valence-corrected chi connectivity index (χ2v) is 3.44. The van der Waals surface area contributed by atoms with E-state index in [1.807, 2.05) is 39.0 Å². The first-order valence-corrected chi connectivity index (χ1v) is 5.31. The van der Waals surface area contributed by atoms with Crippen LogP contribution in [-0.4, -0.2) is 19.0 Å². The maximum atomic E-state index is 11.7. The predicted molar refractivity (Wildman–Crippen MR) is 63.3 cm³/mol. The molecule has 0 radical (unpaired) electrons. The van der Waals surface area contributed by atoms with Crippen LogP contribution in [0.15, 0.2) is 18.2 Å². The van der Waals surface area contributed by atoms with Gasteiger partial charge in [-0.25, -0.2) is 0 Å². The van der Waals surface area contributed by atoms with Crippen LogP contribution in [0, 0.1) is 6.92 Å². The molecule has 0 unspecified atom stereocenters. The molecule has 0 saturated carbocycles. The molecule has 0 fully saturated rings. The van der Waals surface area contributed by atoms with Crippen LogP contribution in [0.2, 0.25) is 0 Å². The quantitative estimate of drug-likeness (QED) is 0.792. The topological polar surface area (TPSA) is 41.1 Å². The minimum Gasteiger partial charge on any atom is -0.385 e. The molecule has 0 aliphatic rings. The lowest BCUT2D eigenvalue weighted by atomic mass is 10.1.